The molecule has 0 radical (unpaired) electrons. The summed E-state index contributed by atoms with van der Waals surface area (Å²) in [4.78, 5) is 23.7. The highest BCUT2D eigenvalue weighted by atomic mass is 16.5. The lowest BCUT2D eigenvalue weighted by Crippen LogP contribution is -2.47. The van der Waals surface area contributed by atoms with Crippen molar-refractivity contribution in [3.63, 3.8) is 0 Å². The summed E-state index contributed by atoms with van der Waals surface area (Å²) in [5, 5.41) is 5.41. The second-order valence-corrected chi connectivity index (χ2v) is 4.80. The fourth-order valence-electron chi connectivity index (χ4n) is 1.81. The van der Waals surface area contributed by atoms with Gasteiger partial charge in [0.2, 0.25) is 0 Å². The molecule has 2 amide bonds. The number of carbonyl (C=O) groups excluding carboxylic acids is 2. The minimum atomic E-state index is -0.644. The van der Waals surface area contributed by atoms with Crippen LogP contribution in [0.2, 0.25) is 0 Å². The maximum absolute atomic E-state index is 12.0. The van der Waals surface area contributed by atoms with Gasteiger partial charge in [0.1, 0.15) is 6.04 Å². The van der Waals surface area contributed by atoms with E-state index in [4.69, 9.17) is 4.74 Å². The lowest BCUT2D eigenvalue weighted by molar-refractivity contribution is -0.144. The molecule has 0 aliphatic carbocycles. The van der Waals surface area contributed by atoms with E-state index in [9.17, 15) is 9.59 Å². The van der Waals surface area contributed by atoms with Crippen molar-refractivity contribution in [2.24, 2.45) is 5.92 Å². The van der Waals surface area contributed by atoms with Gasteiger partial charge in [-0.05, 0) is 24.5 Å². The van der Waals surface area contributed by atoms with Crippen molar-refractivity contribution in [3.05, 3.63) is 29.8 Å². The third-order valence-corrected chi connectivity index (χ3v) is 3.35. The Hall–Kier alpha value is -2.04. The van der Waals surface area contributed by atoms with Crippen molar-refractivity contribution in [1.29, 1.82) is 0 Å². The highest BCUT2D eigenvalue weighted by Crippen LogP contribution is 2.14. The molecule has 20 heavy (non-hydrogen) atoms. The number of amides is 2. The second kappa shape index (κ2) is 7.53. The van der Waals surface area contributed by atoms with Gasteiger partial charge in [-0.3, -0.25) is 0 Å². The van der Waals surface area contributed by atoms with Gasteiger partial charge in [-0.2, -0.15) is 0 Å². The number of para-hydroxylation sites is 1. The number of ether oxygens (including phenoxy) is 1. The molecular formula is C15H22N2O3. The predicted octanol–water partition coefficient (Wildman–Crippen LogP) is 2.70. The molecule has 0 bridgehead atoms. The Bertz CT molecular complexity index is 474. The molecule has 0 fully saturated rings. The number of nitrogens with one attached hydrogen (secondary N) is 2. The lowest BCUT2D eigenvalue weighted by Gasteiger charge is -2.22. The third-order valence-electron chi connectivity index (χ3n) is 3.35. The van der Waals surface area contributed by atoms with Crippen molar-refractivity contribution < 1.29 is 14.3 Å². The molecule has 0 heterocycles. The first kappa shape index (κ1) is 16.0. The highest BCUT2D eigenvalue weighted by Gasteiger charge is 2.26. The van der Waals surface area contributed by atoms with E-state index in [1.165, 1.54) is 7.11 Å². The van der Waals surface area contributed by atoms with E-state index in [-0.39, 0.29) is 5.92 Å². The van der Waals surface area contributed by atoms with Gasteiger partial charge in [0.15, 0.2) is 0 Å². The summed E-state index contributed by atoms with van der Waals surface area (Å²) in [7, 11) is 1.32. The molecule has 2 atom stereocenters. The Balaban J connectivity index is 2.72. The molecule has 1 rings (SSSR count). The van der Waals surface area contributed by atoms with Crippen LogP contribution >= 0.6 is 0 Å². The predicted molar refractivity (Wildman–Crippen MR) is 78.6 cm³/mol. The molecule has 0 saturated heterocycles. The van der Waals surface area contributed by atoms with Gasteiger partial charge in [-0.25, -0.2) is 9.59 Å². The molecule has 0 aromatic heterocycles. The smallest absolute Gasteiger partial charge is 0.328 e. The van der Waals surface area contributed by atoms with Crippen molar-refractivity contribution in [2.75, 3.05) is 12.4 Å². The summed E-state index contributed by atoms with van der Waals surface area (Å²) in [6.07, 6.45) is 0.768. The molecule has 5 heteroatoms. The maximum Gasteiger partial charge on any atom is 0.328 e. The number of esters is 1. The van der Waals surface area contributed by atoms with Crippen LogP contribution < -0.4 is 10.6 Å². The zero-order valence-corrected chi connectivity index (χ0v) is 12.4. The van der Waals surface area contributed by atoms with E-state index >= 15 is 0 Å². The van der Waals surface area contributed by atoms with Crippen molar-refractivity contribution in [3.8, 4) is 0 Å². The summed E-state index contributed by atoms with van der Waals surface area (Å²) in [5.74, 6) is -0.427. The van der Waals surface area contributed by atoms with Crippen molar-refractivity contribution in [2.45, 2.75) is 33.2 Å². The second-order valence-electron chi connectivity index (χ2n) is 4.80. The number of aryl methyl sites for hydroxylation is 1. The number of carbonyl (C=O) groups is 2. The minimum Gasteiger partial charge on any atom is -0.467 e. The van der Waals surface area contributed by atoms with E-state index in [1.807, 2.05) is 45.0 Å². The molecule has 0 aliphatic rings. The first-order valence-corrected chi connectivity index (χ1v) is 6.70. The average Bonchev–Trinajstić information content (AvgIpc) is 2.45. The fraction of sp³-hybridized carbons (Fsp3) is 0.467. The summed E-state index contributed by atoms with van der Waals surface area (Å²) in [6.45, 7) is 5.76. The molecule has 1 aromatic rings. The van der Waals surface area contributed by atoms with Crippen LogP contribution in [0.25, 0.3) is 0 Å². The molecule has 2 N–H and O–H groups in total. The van der Waals surface area contributed by atoms with Gasteiger partial charge in [-0.1, -0.05) is 38.5 Å². The van der Waals surface area contributed by atoms with Crippen LogP contribution in [0.15, 0.2) is 24.3 Å². The third kappa shape index (κ3) is 4.26. The average molecular weight is 278 g/mol. The zero-order valence-electron chi connectivity index (χ0n) is 12.4. The van der Waals surface area contributed by atoms with Crippen LogP contribution in [0.1, 0.15) is 25.8 Å². The maximum atomic E-state index is 12.0. The van der Waals surface area contributed by atoms with Crippen LogP contribution in [0.4, 0.5) is 10.5 Å². The van der Waals surface area contributed by atoms with E-state index in [2.05, 4.69) is 10.6 Å². The van der Waals surface area contributed by atoms with E-state index in [0.29, 0.717) is 0 Å². The van der Waals surface area contributed by atoms with Crippen molar-refractivity contribution in [1.82, 2.24) is 5.32 Å². The van der Waals surface area contributed by atoms with Crippen LogP contribution in [0.5, 0.6) is 0 Å². The molecule has 0 spiro atoms. The van der Waals surface area contributed by atoms with Gasteiger partial charge in [-0.15, -0.1) is 0 Å². The standard InChI is InChI=1S/C15H22N2O3/c1-5-10(2)13(14(18)20-4)17-15(19)16-12-9-7-6-8-11(12)3/h6-10,13H,5H2,1-4H3,(H2,16,17,19)/t10-,13+/m0/s1. The summed E-state index contributed by atoms with van der Waals surface area (Å²) >= 11 is 0. The van der Waals surface area contributed by atoms with Gasteiger partial charge in [0.25, 0.3) is 0 Å². The first-order chi connectivity index (χ1) is 9.49. The van der Waals surface area contributed by atoms with Gasteiger partial charge >= 0.3 is 12.0 Å². The van der Waals surface area contributed by atoms with Gasteiger partial charge < -0.3 is 15.4 Å². The summed E-state index contributed by atoms with van der Waals surface area (Å²) in [5.41, 5.74) is 1.68. The number of urea groups is 1. The topological polar surface area (TPSA) is 67.4 Å². The molecule has 0 unspecified atom stereocenters. The van der Waals surface area contributed by atoms with Crippen LogP contribution in [0, 0.1) is 12.8 Å². The molecule has 1 aromatic carbocycles. The van der Waals surface area contributed by atoms with Crippen LogP contribution in [-0.2, 0) is 9.53 Å². The number of benzene rings is 1. The summed E-state index contributed by atoms with van der Waals surface area (Å²) < 4.78 is 4.73. The Morgan fingerprint density at radius 3 is 2.50 bits per heavy atom. The SMILES string of the molecule is CC[C@H](C)[C@@H](NC(=O)Nc1ccccc1C)C(=O)OC. The molecule has 0 aliphatic heterocycles. The summed E-state index contributed by atoms with van der Waals surface area (Å²) in [6, 6.07) is 6.40. The monoisotopic (exact) mass is 278 g/mol. The normalized spacial score (nSPS) is 13.2. The Labute approximate surface area is 119 Å². The Kier molecular flexibility index (Phi) is 6.03. The molecule has 0 saturated carbocycles. The number of methoxy groups -OCH3 is 1. The Morgan fingerprint density at radius 1 is 1.30 bits per heavy atom. The largest absolute Gasteiger partial charge is 0.467 e. The fourth-order valence-corrected chi connectivity index (χ4v) is 1.81. The van der Waals surface area contributed by atoms with Crippen molar-refractivity contribution >= 4 is 17.7 Å². The van der Waals surface area contributed by atoms with E-state index in [0.717, 1.165) is 17.7 Å². The van der Waals surface area contributed by atoms with Crippen LogP contribution in [0.3, 0.4) is 0 Å². The van der Waals surface area contributed by atoms with Crippen LogP contribution in [-0.4, -0.2) is 25.2 Å². The number of hydrogen-bond donors (Lipinski definition) is 2. The molecule has 5 nitrogen and oxygen atoms in total. The van der Waals surface area contributed by atoms with Gasteiger partial charge in [0, 0.05) is 5.69 Å². The van der Waals surface area contributed by atoms with Gasteiger partial charge in [0.05, 0.1) is 7.11 Å². The number of hydrogen-bond acceptors (Lipinski definition) is 3. The molecule has 110 valence electrons. The zero-order chi connectivity index (χ0) is 15.1. The lowest BCUT2D eigenvalue weighted by atomic mass is 9.99. The molecular weight excluding hydrogens is 256 g/mol. The Morgan fingerprint density at radius 2 is 1.95 bits per heavy atom. The highest BCUT2D eigenvalue weighted by molar-refractivity contribution is 5.93. The first-order valence-electron chi connectivity index (χ1n) is 6.70. The van der Waals surface area contributed by atoms with E-state index < -0.39 is 18.0 Å². The van der Waals surface area contributed by atoms with E-state index in [1.54, 1.807) is 0 Å². The number of anilines is 1. The number of rotatable bonds is 5. The minimum absolute atomic E-state index is 0.00469. The quantitative estimate of drug-likeness (QED) is 0.814.